The molecule has 0 radical (unpaired) electrons. The average Bonchev–Trinajstić information content (AvgIpc) is 3.26. The lowest BCUT2D eigenvalue weighted by Crippen LogP contribution is -2.54. The van der Waals surface area contributed by atoms with E-state index in [0.29, 0.717) is 17.9 Å². The number of carbonyl (C=O) groups excluding carboxylic acids is 1. The summed E-state index contributed by atoms with van der Waals surface area (Å²) in [4.78, 5) is 12.7. The van der Waals surface area contributed by atoms with Crippen LogP contribution in [0.1, 0.15) is 25.0 Å². The molecule has 1 aromatic carbocycles. The summed E-state index contributed by atoms with van der Waals surface area (Å²) in [5, 5.41) is 0. The van der Waals surface area contributed by atoms with Gasteiger partial charge >= 0.3 is 0 Å². The highest BCUT2D eigenvalue weighted by atomic mass is 16.7. The molecule has 6 heteroatoms. The summed E-state index contributed by atoms with van der Waals surface area (Å²) in [6, 6.07) is 5.79. The van der Waals surface area contributed by atoms with Crippen molar-refractivity contribution in [3.63, 3.8) is 0 Å². The Kier molecular flexibility index (Phi) is 4.48. The largest absolute Gasteiger partial charge is 0.498 e. The van der Waals surface area contributed by atoms with E-state index in [1.165, 1.54) is 0 Å². The number of benzene rings is 1. The van der Waals surface area contributed by atoms with Crippen molar-refractivity contribution in [1.29, 1.82) is 0 Å². The van der Waals surface area contributed by atoms with Gasteiger partial charge in [0.15, 0.2) is 22.9 Å². The number of hydrogen-bond acceptors (Lipinski definition) is 6. The van der Waals surface area contributed by atoms with Gasteiger partial charge in [0.25, 0.3) is 0 Å². The highest BCUT2D eigenvalue weighted by Crippen LogP contribution is 2.55. The smallest absolute Gasteiger partial charge is 0.231 e. The van der Waals surface area contributed by atoms with Crippen LogP contribution in [0.2, 0.25) is 0 Å². The molecule has 3 aliphatic rings. The van der Waals surface area contributed by atoms with Gasteiger partial charge in [-0.25, -0.2) is 0 Å². The highest BCUT2D eigenvalue weighted by molar-refractivity contribution is 5.94. The van der Waals surface area contributed by atoms with Crippen molar-refractivity contribution >= 4 is 5.78 Å². The fraction of sp³-hybridized carbons (Fsp3) is 0.476. The van der Waals surface area contributed by atoms with Crippen molar-refractivity contribution in [2.45, 2.75) is 31.2 Å². The predicted molar refractivity (Wildman–Crippen MR) is 97.5 cm³/mol. The van der Waals surface area contributed by atoms with Gasteiger partial charge in [-0.1, -0.05) is 19.1 Å². The molecule has 4 rings (SSSR count). The number of methoxy groups -OCH3 is 2. The molecule has 1 fully saturated rings. The summed E-state index contributed by atoms with van der Waals surface area (Å²) < 4.78 is 29.0. The van der Waals surface area contributed by atoms with Crippen LogP contribution in [0.4, 0.5) is 0 Å². The SMILES string of the molecule is C=CC[C@@H]1C(=O)C=C(OC)[C@@]2(OC)[C@H](C)[C@@H](c3ccc4c(c3)OCO4)O[C@@H]12. The molecular weight excluding hydrogens is 348 g/mol. The molecule has 27 heavy (non-hydrogen) atoms. The number of fused-ring (bicyclic) bond motifs is 2. The summed E-state index contributed by atoms with van der Waals surface area (Å²) in [5.41, 5.74) is 0.120. The van der Waals surface area contributed by atoms with Crippen LogP contribution in [0.3, 0.4) is 0 Å². The van der Waals surface area contributed by atoms with E-state index in [-0.39, 0.29) is 30.5 Å². The maximum atomic E-state index is 12.7. The minimum Gasteiger partial charge on any atom is -0.498 e. The Hall–Kier alpha value is -2.31. The lowest BCUT2D eigenvalue weighted by molar-refractivity contribution is -0.141. The molecule has 1 aromatic rings. The second kappa shape index (κ2) is 6.69. The molecule has 0 spiro atoms. The van der Waals surface area contributed by atoms with E-state index in [4.69, 9.17) is 23.7 Å². The zero-order valence-electron chi connectivity index (χ0n) is 15.8. The Labute approximate surface area is 158 Å². The third-order valence-corrected chi connectivity index (χ3v) is 5.94. The molecule has 0 bridgehead atoms. The summed E-state index contributed by atoms with van der Waals surface area (Å²) >= 11 is 0. The summed E-state index contributed by atoms with van der Waals surface area (Å²) in [6.45, 7) is 6.08. The van der Waals surface area contributed by atoms with Gasteiger partial charge in [0.1, 0.15) is 11.9 Å². The number of carbonyl (C=O) groups is 1. The van der Waals surface area contributed by atoms with Gasteiger partial charge < -0.3 is 23.7 Å². The topological polar surface area (TPSA) is 63.2 Å². The van der Waals surface area contributed by atoms with Crippen LogP contribution < -0.4 is 9.47 Å². The van der Waals surface area contributed by atoms with Crippen molar-refractivity contribution in [3.05, 3.63) is 48.3 Å². The monoisotopic (exact) mass is 372 g/mol. The van der Waals surface area contributed by atoms with Crippen LogP contribution in [0.5, 0.6) is 11.5 Å². The Morgan fingerprint density at radius 1 is 1.30 bits per heavy atom. The van der Waals surface area contributed by atoms with Gasteiger partial charge in [0.05, 0.1) is 19.1 Å². The van der Waals surface area contributed by atoms with Crippen molar-refractivity contribution < 1.29 is 28.5 Å². The van der Waals surface area contributed by atoms with Crippen molar-refractivity contribution in [3.8, 4) is 11.5 Å². The fourth-order valence-electron chi connectivity index (χ4n) is 4.62. The molecule has 0 amide bonds. The third kappa shape index (κ3) is 2.51. The van der Waals surface area contributed by atoms with E-state index in [2.05, 4.69) is 13.5 Å². The summed E-state index contributed by atoms with van der Waals surface area (Å²) in [6.07, 6.45) is 3.08. The van der Waals surface area contributed by atoms with Gasteiger partial charge in [-0.15, -0.1) is 6.58 Å². The van der Waals surface area contributed by atoms with E-state index in [0.717, 1.165) is 11.3 Å². The van der Waals surface area contributed by atoms with Crippen LogP contribution in [0.25, 0.3) is 0 Å². The molecule has 0 aromatic heterocycles. The van der Waals surface area contributed by atoms with Gasteiger partial charge in [0, 0.05) is 19.1 Å². The second-order valence-corrected chi connectivity index (χ2v) is 7.12. The highest BCUT2D eigenvalue weighted by Gasteiger charge is 2.63. The van der Waals surface area contributed by atoms with Crippen LogP contribution in [0, 0.1) is 11.8 Å². The third-order valence-electron chi connectivity index (χ3n) is 5.94. The zero-order chi connectivity index (χ0) is 19.2. The van der Waals surface area contributed by atoms with Gasteiger partial charge in [-0.3, -0.25) is 4.79 Å². The Bertz CT molecular complexity index is 800. The zero-order valence-corrected chi connectivity index (χ0v) is 15.8. The summed E-state index contributed by atoms with van der Waals surface area (Å²) in [5.74, 6) is 1.47. The number of rotatable bonds is 5. The molecule has 2 aliphatic heterocycles. The number of hydrogen-bond donors (Lipinski definition) is 0. The Morgan fingerprint density at radius 3 is 2.78 bits per heavy atom. The van der Waals surface area contributed by atoms with Crippen LogP contribution in [-0.2, 0) is 19.0 Å². The van der Waals surface area contributed by atoms with Gasteiger partial charge in [-0.05, 0) is 24.1 Å². The number of ether oxygens (including phenoxy) is 5. The Morgan fingerprint density at radius 2 is 2.07 bits per heavy atom. The number of ketones is 1. The molecule has 0 saturated carbocycles. The molecule has 1 aliphatic carbocycles. The van der Waals surface area contributed by atoms with Crippen LogP contribution >= 0.6 is 0 Å². The predicted octanol–water partition coefficient (Wildman–Crippen LogP) is 3.18. The van der Waals surface area contributed by atoms with E-state index in [9.17, 15) is 4.79 Å². The Balaban J connectivity index is 1.78. The molecular formula is C21H24O6. The second-order valence-electron chi connectivity index (χ2n) is 7.12. The maximum absolute atomic E-state index is 12.7. The maximum Gasteiger partial charge on any atom is 0.231 e. The molecule has 144 valence electrons. The fourth-order valence-corrected chi connectivity index (χ4v) is 4.62. The van der Waals surface area contributed by atoms with E-state index >= 15 is 0 Å². The first-order valence-corrected chi connectivity index (χ1v) is 9.07. The first kappa shape index (κ1) is 18.1. The normalized spacial score (nSPS) is 34.2. The standard InChI is InChI=1S/C21H24O6/c1-5-6-14-15(22)10-18(23-3)21(24-4)12(2)19(27-20(14)21)13-7-8-16-17(9-13)26-11-25-16/h5,7-10,12,14,19-20H,1,6,11H2,2-4H3/t12-,14-,19+,20+,21+/m1/s1. The average molecular weight is 372 g/mol. The van der Waals surface area contributed by atoms with Crippen molar-refractivity contribution in [2.75, 3.05) is 21.0 Å². The van der Waals surface area contributed by atoms with Crippen molar-refractivity contribution in [2.24, 2.45) is 11.8 Å². The number of allylic oxidation sites excluding steroid dienone is 2. The van der Waals surface area contributed by atoms with E-state index < -0.39 is 11.7 Å². The van der Waals surface area contributed by atoms with E-state index in [1.807, 2.05) is 18.2 Å². The van der Waals surface area contributed by atoms with Gasteiger partial charge in [0.2, 0.25) is 6.79 Å². The first-order valence-electron chi connectivity index (χ1n) is 9.07. The lowest BCUT2D eigenvalue weighted by atomic mass is 9.71. The molecule has 6 nitrogen and oxygen atoms in total. The molecule has 0 unspecified atom stereocenters. The lowest BCUT2D eigenvalue weighted by Gasteiger charge is -2.42. The summed E-state index contributed by atoms with van der Waals surface area (Å²) in [7, 11) is 3.20. The van der Waals surface area contributed by atoms with Crippen LogP contribution in [-0.4, -0.2) is 38.5 Å². The van der Waals surface area contributed by atoms with Crippen LogP contribution in [0.15, 0.2) is 42.7 Å². The molecule has 2 heterocycles. The molecule has 0 N–H and O–H groups in total. The van der Waals surface area contributed by atoms with E-state index in [1.54, 1.807) is 26.4 Å². The first-order chi connectivity index (χ1) is 13.1. The minimum absolute atomic E-state index is 0.0250. The molecule has 5 atom stereocenters. The molecule has 1 saturated heterocycles. The quantitative estimate of drug-likeness (QED) is 0.740. The van der Waals surface area contributed by atoms with Crippen molar-refractivity contribution in [1.82, 2.24) is 0 Å². The minimum atomic E-state index is -0.836. The van der Waals surface area contributed by atoms with Gasteiger partial charge in [-0.2, -0.15) is 0 Å².